The molecule has 3 nitrogen and oxygen atoms in total. The van der Waals surface area contributed by atoms with Crippen molar-refractivity contribution >= 4 is 27.5 Å². The second kappa shape index (κ2) is 5.04. The van der Waals surface area contributed by atoms with Gasteiger partial charge in [0.15, 0.2) is 0 Å². The van der Waals surface area contributed by atoms with Crippen LogP contribution in [0.25, 0.3) is 0 Å². The van der Waals surface area contributed by atoms with Gasteiger partial charge in [-0.1, -0.05) is 0 Å². The zero-order valence-corrected chi connectivity index (χ0v) is 11.1. The zero-order valence-electron chi connectivity index (χ0n) is 9.54. The normalized spacial score (nSPS) is 14.5. The lowest BCUT2D eigenvalue weighted by Gasteiger charge is -2.17. The van der Waals surface area contributed by atoms with Crippen LogP contribution in [0, 0.1) is 5.82 Å². The van der Waals surface area contributed by atoms with Gasteiger partial charge in [0.05, 0.1) is 11.0 Å². The highest BCUT2D eigenvalue weighted by Crippen LogP contribution is 2.25. The summed E-state index contributed by atoms with van der Waals surface area (Å²) in [5.74, 6) is -0.245. The lowest BCUT2D eigenvalue weighted by atomic mass is 10.3. The minimum absolute atomic E-state index is 0.0629. The van der Waals surface area contributed by atoms with Gasteiger partial charge in [0.2, 0.25) is 5.91 Å². The topological polar surface area (TPSA) is 32.3 Å². The smallest absolute Gasteiger partial charge is 0.241 e. The van der Waals surface area contributed by atoms with E-state index in [1.807, 2.05) is 7.05 Å². The second-order valence-corrected chi connectivity index (χ2v) is 5.07. The van der Waals surface area contributed by atoms with Crippen molar-refractivity contribution in [3.63, 3.8) is 0 Å². The van der Waals surface area contributed by atoms with Gasteiger partial charge in [0.25, 0.3) is 0 Å². The molecule has 5 heteroatoms. The Kier molecular flexibility index (Phi) is 3.66. The highest BCUT2D eigenvalue weighted by Gasteiger charge is 2.29. The minimum Gasteiger partial charge on any atom is -0.376 e. The summed E-state index contributed by atoms with van der Waals surface area (Å²) in [6, 6.07) is 5.02. The summed E-state index contributed by atoms with van der Waals surface area (Å²) in [6.07, 6.45) is 2.20. The molecule has 0 radical (unpaired) electrons. The molecule has 0 unspecified atom stereocenters. The third-order valence-corrected chi connectivity index (χ3v) is 3.46. The van der Waals surface area contributed by atoms with Gasteiger partial charge in [-0.3, -0.25) is 4.79 Å². The van der Waals surface area contributed by atoms with Gasteiger partial charge in [-0.05, 0) is 47.0 Å². The van der Waals surface area contributed by atoms with E-state index in [0.717, 1.165) is 18.5 Å². The summed E-state index contributed by atoms with van der Waals surface area (Å²) < 4.78 is 13.4. The SMILES string of the molecule is CN(C(=O)CNc1ccc(F)c(Br)c1)C1CC1. The molecular weight excluding hydrogens is 287 g/mol. The summed E-state index contributed by atoms with van der Waals surface area (Å²) in [4.78, 5) is 13.5. The Morgan fingerprint density at radius 1 is 1.59 bits per heavy atom. The predicted molar refractivity (Wildman–Crippen MR) is 68.4 cm³/mol. The number of hydrogen-bond donors (Lipinski definition) is 1. The van der Waals surface area contributed by atoms with Crippen LogP contribution < -0.4 is 5.32 Å². The number of amides is 1. The van der Waals surface area contributed by atoms with E-state index in [1.165, 1.54) is 6.07 Å². The van der Waals surface area contributed by atoms with E-state index in [0.29, 0.717) is 10.5 Å². The Morgan fingerprint density at radius 3 is 2.88 bits per heavy atom. The summed E-state index contributed by atoms with van der Waals surface area (Å²) in [7, 11) is 1.82. The van der Waals surface area contributed by atoms with Gasteiger partial charge in [0, 0.05) is 18.8 Å². The molecule has 17 heavy (non-hydrogen) atoms. The first kappa shape index (κ1) is 12.4. The maximum Gasteiger partial charge on any atom is 0.241 e. The van der Waals surface area contributed by atoms with Gasteiger partial charge < -0.3 is 10.2 Å². The Labute approximate surface area is 108 Å². The molecule has 0 saturated heterocycles. The number of carbonyl (C=O) groups is 1. The average Bonchev–Trinajstić information content (AvgIpc) is 3.13. The molecule has 1 aromatic rings. The molecule has 0 atom stereocenters. The summed E-state index contributed by atoms with van der Waals surface area (Å²) >= 11 is 3.10. The Morgan fingerprint density at radius 2 is 2.29 bits per heavy atom. The monoisotopic (exact) mass is 300 g/mol. The number of nitrogens with one attached hydrogen (secondary N) is 1. The molecule has 2 rings (SSSR count). The molecule has 1 aliphatic rings. The van der Waals surface area contributed by atoms with Crippen molar-refractivity contribution in [1.82, 2.24) is 4.90 Å². The fourth-order valence-electron chi connectivity index (χ4n) is 1.57. The van der Waals surface area contributed by atoms with Crippen molar-refractivity contribution in [2.75, 3.05) is 18.9 Å². The molecule has 0 bridgehead atoms. The van der Waals surface area contributed by atoms with Crippen LogP contribution >= 0.6 is 15.9 Å². The summed E-state index contributed by atoms with van der Waals surface area (Å²) in [6.45, 7) is 0.241. The standard InChI is InChI=1S/C12H14BrFN2O/c1-16(9-3-4-9)12(17)7-15-8-2-5-11(14)10(13)6-8/h2,5-6,9,15H,3-4,7H2,1H3. The first-order valence-electron chi connectivity index (χ1n) is 5.52. The van der Waals surface area contributed by atoms with Gasteiger partial charge in [0.1, 0.15) is 5.82 Å². The van der Waals surface area contributed by atoms with Crippen LogP contribution in [0.15, 0.2) is 22.7 Å². The van der Waals surface area contributed by atoms with Crippen molar-refractivity contribution < 1.29 is 9.18 Å². The van der Waals surface area contributed by atoms with E-state index in [4.69, 9.17) is 0 Å². The van der Waals surface area contributed by atoms with E-state index >= 15 is 0 Å². The van der Waals surface area contributed by atoms with Crippen molar-refractivity contribution in [2.45, 2.75) is 18.9 Å². The molecule has 0 spiro atoms. The number of hydrogen-bond acceptors (Lipinski definition) is 2. The maximum atomic E-state index is 13.0. The largest absolute Gasteiger partial charge is 0.376 e. The molecule has 1 aliphatic carbocycles. The van der Waals surface area contributed by atoms with Crippen LogP contribution in [0.1, 0.15) is 12.8 Å². The number of carbonyl (C=O) groups excluding carboxylic acids is 1. The number of likely N-dealkylation sites (N-methyl/N-ethyl adjacent to an activating group) is 1. The van der Waals surface area contributed by atoms with Crippen LogP contribution in [-0.4, -0.2) is 30.4 Å². The number of nitrogens with zero attached hydrogens (tertiary/aromatic N) is 1. The third-order valence-electron chi connectivity index (χ3n) is 2.85. The Hall–Kier alpha value is -1.10. The molecule has 1 aromatic carbocycles. The van der Waals surface area contributed by atoms with Crippen LogP contribution in [0.2, 0.25) is 0 Å². The fourth-order valence-corrected chi connectivity index (χ4v) is 1.95. The van der Waals surface area contributed by atoms with Gasteiger partial charge in [-0.2, -0.15) is 0 Å². The molecule has 0 aliphatic heterocycles. The highest BCUT2D eigenvalue weighted by atomic mass is 79.9. The lowest BCUT2D eigenvalue weighted by Crippen LogP contribution is -2.33. The second-order valence-electron chi connectivity index (χ2n) is 4.22. The third kappa shape index (κ3) is 3.19. The molecular formula is C12H14BrFN2O. The van der Waals surface area contributed by atoms with E-state index in [2.05, 4.69) is 21.2 Å². The fraction of sp³-hybridized carbons (Fsp3) is 0.417. The van der Waals surface area contributed by atoms with Crippen molar-refractivity contribution in [1.29, 1.82) is 0 Å². The molecule has 0 heterocycles. The summed E-state index contributed by atoms with van der Waals surface area (Å²) in [5, 5.41) is 2.99. The predicted octanol–water partition coefficient (Wildman–Crippen LogP) is 2.62. The molecule has 1 saturated carbocycles. The van der Waals surface area contributed by atoms with Crippen molar-refractivity contribution in [3.05, 3.63) is 28.5 Å². The number of rotatable bonds is 4. The maximum absolute atomic E-state index is 13.0. The molecule has 1 amide bonds. The van der Waals surface area contributed by atoms with E-state index in [-0.39, 0.29) is 18.3 Å². The van der Waals surface area contributed by atoms with Gasteiger partial charge in [-0.25, -0.2) is 4.39 Å². The van der Waals surface area contributed by atoms with Crippen LogP contribution in [0.3, 0.4) is 0 Å². The van der Waals surface area contributed by atoms with Crippen LogP contribution in [-0.2, 0) is 4.79 Å². The first-order valence-corrected chi connectivity index (χ1v) is 6.32. The molecule has 92 valence electrons. The van der Waals surface area contributed by atoms with E-state index in [9.17, 15) is 9.18 Å². The van der Waals surface area contributed by atoms with Crippen LogP contribution in [0.4, 0.5) is 10.1 Å². The van der Waals surface area contributed by atoms with E-state index in [1.54, 1.807) is 17.0 Å². The highest BCUT2D eigenvalue weighted by molar-refractivity contribution is 9.10. The first-order chi connectivity index (χ1) is 8.08. The Balaban J connectivity index is 1.88. The number of halogens is 2. The summed E-state index contributed by atoms with van der Waals surface area (Å²) in [5.41, 5.74) is 0.732. The van der Waals surface area contributed by atoms with Gasteiger partial charge >= 0.3 is 0 Å². The Bertz CT molecular complexity index is 435. The van der Waals surface area contributed by atoms with Gasteiger partial charge in [-0.15, -0.1) is 0 Å². The van der Waals surface area contributed by atoms with Crippen molar-refractivity contribution in [3.8, 4) is 0 Å². The lowest BCUT2D eigenvalue weighted by molar-refractivity contribution is -0.128. The zero-order chi connectivity index (χ0) is 12.4. The molecule has 1 N–H and O–H groups in total. The average molecular weight is 301 g/mol. The molecule has 1 fully saturated rings. The minimum atomic E-state index is -0.308. The quantitative estimate of drug-likeness (QED) is 0.927. The van der Waals surface area contributed by atoms with E-state index < -0.39 is 0 Å². The van der Waals surface area contributed by atoms with Crippen molar-refractivity contribution in [2.24, 2.45) is 0 Å². The number of benzene rings is 1. The number of anilines is 1. The van der Waals surface area contributed by atoms with Crippen LogP contribution in [0.5, 0.6) is 0 Å². The molecule has 0 aromatic heterocycles.